The minimum atomic E-state index is -3.15. The summed E-state index contributed by atoms with van der Waals surface area (Å²) in [6.45, 7) is 19.5. The van der Waals surface area contributed by atoms with Crippen molar-refractivity contribution in [1.82, 2.24) is 0 Å². The average Bonchev–Trinajstić information content (AvgIpc) is 3.75. The number of ether oxygens (including phenoxy) is 3. The van der Waals surface area contributed by atoms with Crippen LogP contribution < -0.4 is 10.4 Å². The van der Waals surface area contributed by atoms with Crippen LogP contribution >= 0.6 is 0 Å². The maximum Gasteiger partial charge on any atom is 0.493 e. The van der Waals surface area contributed by atoms with Crippen LogP contribution in [0.1, 0.15) is 79.0 Å². The lowest BCUT2D eigenvalue weighted by Gasteiger charge is -2.46. The molecule has 0 unspecified atom stereocenters. The highest BCUT2D eigenvalue weighted by Gasteiger charge is 2.64. The van der Waals surface area contributed by atoms with Crippen molar-refractivity contribution in [3.63, 3.8) is 0 Å². The monoisotopic (exact) mass is 792 g/mol. The number of fused-ring (bicyclic) bond motifs is 1. The van der Waals surface area contributed by atoms with Crippen molar-refractivity contribution in [3.8, 4) is 0 Å². The van der Waals surface area contributed by atoms with Crippen LogP contribution in [0.15, 0.2) is 163 Å². The van der Waals surface area contributed by atoms with E-state index in [0.29, 0.717) is 0 Å². The van der Waals surface area contributed by atoms with E-state index in [1.807, 2.05) is 32.0 Å². The van der Waals surface area contributed by atoms with E-state index < -0.39 is 56.3 Å². The molecule has 2 saturated heterocycles. The molecule has 2 heterocycles. The van der Waals surface area contributed by atoms with Crippen LogP contribution in [0.25, 0.3) is 0 Å². The predicted octanol–water partition coefficient (Wildman–Crippen LogP) is 9.40. The number of hydrogen-bond acceptors (Lipinski definition) is 6. The Morgan fingerprint density at radius 3 is 1.36 bits per heavy atom. The van der Waals surface area contributed by atoms with E-state index >= 15 is 0 Å². The zero-order valence-corrected chi connectivity index (χ0v) is 36.4. The van der Waals surface area contributed by atoms with Crippen molar-refractivity contribution in [2.24, 2.45) is 0 Å². The number of hydrogen-bond donors (Lipinski definition) is 0. The molecule has 0 saturated carbocycles. The van der Waals surface area contributed by atoms with Gasteiger partial charge >= 0.3 is 7.12 Å². The minimum Gasteiger partial charge on any atom is -0.399 e. The summed E-state index contributed by atoms with van der Waals surface area (Å²) in [5.41, 5.74) is 2.65. The first-order valence-corrected chi connectivity index (χ1v) is 22.5. The van der Waals surface area contributed by atoms with Gasteiger partial charge in [-0.3, -0.25) is 0 Å². The molecular weight excluding hydrogens is 735 g/mol. The van der Waals surface area contributed by atoms with Crippen LogP contribution in [-0.2, 0) is 33.5 Å². The SMILES string of the molecule is CC1(C)O[C@H]2[C@H](O1)C(COC(c1ccccc1)(c1ccccc1)c1ccccc1)=C(B1OC(C)(C)C(C)(C)O1)[C@@H]2O[Si](c1ccccc1)(c1ccccc1)C(C)(C)C. The first-order valence-electron chi connectivity index (χ1n) is 20.6. The summed E-state index contributed by atoms with van der Waals surface area (Å²) >= 11 is 0. The second-order valence-electron chi connectivity index (χ2n) is 18.4. The molecule has 0 aromatic heterocycles. The molecule has 3 aliphatic rings. The number of benzene rings is 5. The molecule has 0 N–H and O–H groups in total. The van der Waals surface area contributed by atoms with Crippen molar-refractivity contribution in [1.29, 1.82) is 0 Å². The molecule has 0 radical (unpaired) electrons. The molecule has 5 aromatic rings. The highest BCUT2D eigenvalue weighted by atomic mass is 28.4. The first-order chi connectivity index (χ1) is 27.6. The Bertz CT molecular complexity index is 2050. The third-order valence-corrected chi connectivity index (χ3v) is 17.7. The predicted molar refractivity (Wildman–Crippen MR) is 235 cm³/mol. The molecule has 0 amide bonds. The Morgan fingerprint density at radius 1 is 0.569 bits per heavy atom. The normalized spacial score (nSPS) is 22.6. The highest BCUT2D eigenvalue weighted by molar-refractivity contribution is 6.99. The van der Waals surface area contributed by atoms with E-state index in [9.17, 15) is 0 Å². The maximum absolute atomic E-state index is 8.08. The van der Waals surface area contributed by atoms with Gasteiger partial charge in [0.2, 0.25) is 0 Å². The van der Waals surface area contributed by atoms with Gasteiger partial charge in [-0.15, -0.1) is 0 Å². The first kappa shape index (κ1) is 40.7. The molecule has 0 bridgehead atoms. The van der Waals surface area contributed by atoms with Crippen LogP contribution in [0.4, 0.5) is 0 Å². The standard InChI is InChI=1S/C50H57BO6Si/c1-46(2,3)58(39-31-21-13-22-32-39,40-33-23-14-24-34-40)55-44-42(51-56-47(4,5)48(6,7)57-51)41(43-45(44)54-49(8,9)53-43)35-52-50(36-25-15-10-16-26-36,37-27-17-11-18-28-37)38-29-19-12-20-30-38/h10-34,43-45H,35H2,1-9H3/t43-,44+,45+/m1/s1. The van der Waals surface area contributed by atoms with Gasteiger partial charge in [-0.25, -0.2) is 0 Å². The Hall–Kier alpha value is -4.12. The molecule has 3 atom stereocenters. The Labute approximate surface area is 346 Å². The van der Waals surface area contributed by atoms with Gasteiger partial charge in [-0.1, -0.05) is 172 Å². The number of rotatable bonds is 11. The highest BCUT2D eigenvalue weighted by Crippen LogP contribution is 2.51. The van der Waals surface area contributed by atoms with Crippen molar-refractivity contribution in [2.45, 2.75) is 108 Å². The smallest absolute Gasteiger partial charge is 0.399 e. The quantitative estimate of drug-likeness (QED) is 0.0982. The minimum absolute atomic E-state index is 0.194. The molecule has 58 heavy (non-hydrogen) atoms. The Balaban J connectivity index is 1.36. The lowest BCUT2D eigenvalue weighted by atomic mass is 9.74. The van der Waals surface area contributed by atoms with Gasteiger partial charge in [0.05, 0.1) is 23.9 Å². The molecule has 1 aliphatic carbocycles. The molecule has 5 aromatic carbocycles. The maximum atomic E-state index is 8.08. The fourth-order valence-corrected chi connectivity index (χ4v) is 13.8. The topological polar surface area (TPSA) is 55.4 Å². The van der Waals surface area contributed by atoms with Crippen LogP contribution in [-0.4, -0.2) is 57.3 Å². The lowest BCUT2D eigenvalue weighted by Crippen LogP contribution is -2.68. The molecule has 2 aliphatic heterocycles. The summed E-state index contributed by atoms with van der Waals surface area (Å²) in [5, 5.41) is 2.05. The van der Waals surface area contributed by atoms with Crippen LogP contribution in [0.2, 0.25) is 5.04 Å². The van der Waals surface area contributed by atoms with Crippen molar-refractivity contribution in [2.75, 3.05) is 6.61 Å². The van der Waals surface area contributed by atoms with E-state index in [-0.39, 0.29) is 11.6 Å². The summed E-state index contributed by atoms with van der Waals surface area (Å²) in [7, 11) is -3.90. The van der Waals surface area contributed by atoms with Gasteiger partial charge in [-0.05, 0) is 84.7 Å². The van der Waals surface area contributed by atoms with E-state index in [0.717, 1.165) is 27.7 Å². The molecule has 8 rings (SSSR count). The van der Waals surface area contributed by atoms with Gasteiger partial charge in [-0.2, -0.15) is 0 Å². The molecule has 2 fully saturated rings. The van der Waals surface area contributed by atoms with Gasteiger partial charge in [0.15, 0.2) is 5.79 Å². The fourth-order valence-electron chi connectivity index (χ4n) is 9.19. The van der Waals surface area contributed by atoms with Crippen molar-refractivity contribution in [3.05, 3.63) is 179 Å². The second kappa shape index (κ2) is 15.2. The zero-order valence-electron chi connectivity index (χ0n) is 35.4. The van der Waals surface area contributed by atoms with Gasteiger partial charge in [0.1, 0.15) is 17.8 Å². The van der Waals surface area contributed by atoms with Gasteiger partial charge in [0.25, 0.3) is 8.32 Å². The van der Waals surface area contributed by atoms with Crippen LogP contribution in [0.3, 0.4) is 0 Å². The fraction of sp³-hybridized carbons (Fsp3) is 0.360. The van der Waals surface area contributed by atoms with Crippen LogP contribution in [0, 0.1) is 0 Å². The summed E-state index contributed by atoms with van der Waals surface area (Å²) in [6, 6.07) is 53.0. The van der Waals surface area contributed by atoms with Crippen LogP contribution in [0.5, 0.6) is 0 Å². The summed E-state index contributed by atoms with van der Waals surface area (Å²) < 4.78 is 43.7. The van der Waals surface area contributed by atoms with Gasteiger partial charge < -0.3 is 27.9 Å². The Morgan fingerprint density at radius 2 is 0.966 bits per heavy atom. The largest absolute Gasteiger partial charge is 0.493 e. The van der Waals surface area contributed by atoms with Crippen molar-refractivity contribution >= 4 is 25.8 Å². The molecular formula is C50H57BO6Si. The Kier molecular flexibility index (Phi) is 10.6. The summed E-state index contributed by atoms with van der Waals surface area (Å²) in [5.74, 6) is -0.884. The third-order valence-electron chi connectivity index (χ3n) is 12.7. The van der Waals surface area contributed by atoms with Gasteiger partial charge in [0, 0.05) is 0 Å². The lowest BCUT2D eigenvalue weighted by molar-refractivity contribution is -0.153. The summed E-state index contributed by atoms with van der Waals surface area (Å²) in [4.78, 5) is 0. The molecule has 8 heteroatoms. The van der Waals surface area contributed by atoms with E-state index in [1.54, 1.807) is 0 Å². The molecule has 300 valence electrons. The van der Waals surface area contributed by atoms with E-state index in [1.165, 1.54) is 10.4 Å². The van der Waals surface area contributed by atoms with Crippen molar-refractivity contribution < 1.29 is 27.9 Å². The second-order valence-corrected chi connectivity index (χ2v) is 22.6. The molecule has 6 nitrogen and oxygen atoms in total. The zero-order chi connectivity index (χ0) is 41.0. The molecule has 0 spiro atoms. The average molecular weight is 793 g/mol. The van der Waals surface area contributed by atoms with E-state index in [2.05, 4.69) is 182 Å². The third kappa shape index (κ3) is 6.96. The van der Waals surface area contributed by atoms with E-state index in [4.69, 9.17) is 27.9 Å². The summed E-state index contributed by atoms with van der Waals surface area (Å²) in [6.07, 6.45) is -1.58.